The Kier molecular flexibility index (Phi) is 8.84. The molecular weight excluding hydrogens is 346 g/mol. The van der Waals surface area contributed by atoms with Gasteiger partial charge in [-0.1, -0.05) is 6.58 Å². The van der Waals surface area contributed by atoms with Gasteiger partial charge in [-0.3, -0.25) is 0 Å². The lowest BCUT2D eigenvalue weighted by atomic mass is 10.2. The van der Waals surface area contributed by atoms with E-state index in [1.165, 1.54) is 6.20 Å². The Labute approximate surface area is 133 Å². The molecule has 11 heteroatoms. The topological polar surface area (TPSA) is 109 Å². The van der Waals surface area contributed by atoms with E-state index in [0.717, 1.165) is 12.2 Å². The van der Waals surface area contributed by atoms with E-state index in [9.17, 15) is 31.1 Å². The zero-order valence-electron chi connectivity index (χ0n) is 13.0. The first-order chi connectivity index (χ1) is 10.00. The van der Waals surface area contributed by atoms with E-state index in [-0.39, 0.29) is 18.8 Å². The Morgan fingerprint density at radius 2 is 1.71 bits per heavy atom. The van der Waals surface area contributed by atoms with Crippen LogP contribution >= 0.6 is 0 Å². The molecule has 0 spiro atoms. The molecule has 0 bridgehead atoms. The van der Waals surface area contributed by atoms with Crippen LogP contribution in [0.3, 0.4) is 0 Å². The maximum absolute atomic E-state index is 11.9. The smallest absolute Gasteiger partial charge is 0.431 e. The first-order valence-electron chi connectivity index (χ1n) is 5.57. The van der Waals surface area contributed by atoms with Gasteiger partial charge in [-0.05, 0) is 18.2 Å². The van der Waals surface area contributed by atoms with Crippen LogP contribution in [0, 0.1) is 0 Å². The fourth-order valence-corrected chi connectivity index (χ4v) is 1.25. The Morgan fingerprint density at radius 3 is 2.04 bits per heavy atom. The van der Waals surface area contributed by atoms with Crippen LogP contribution in [-0.4, -0.2) is 11.7 Å². The Bertz CT molecular complexity index is 665. The van der Waals surface area contributed by atoms with Crippen molar-refractivity contribution in [2.75, 3.05) is 0 Å². The number of halogens is 6. The molecule has 0 saturated carbocycles. The normalized spacial score (nSPS) is 13.4. The number of allylic oxidation sites excluding steroid dienone is 3. The summed E-state index contributed by atoms with van der Waals surface area (Å²) in [6.07, 6.45) is -4.90. The molecule has 0 radical (unpaired) electrons. The Balaban J connectivity index is -0.000000346. The van der Waals surface area contributed by atoms with Gasteiger partial charge in [0.2, 0.25) is 0 Å². The molecule has 1 aliphatic rings. The molecule has 2 heterocycles. The van der Waals surface area contributed by atoms with Gasteiger partial charge in [0.1, 0.15) is 0 Å². The summed E-state index contributed by atoms with van der Waals surface area (Å²) in [6.45, 7) is 3.34. The molecule has 6 N–H and O–H groups in total. The fourth-order valence-electron chi connectivity index (χ4n) is 1.25. The third-order valence-corrected chi connectivity index (χ3v) is 2.22. The maximum atomic E-state index is 11.9. The van der Waals surface area contributed by atoms with Crippen molar-refractivity contribution in [2.24, 2.45) is 0 Å². The standard InChI is InChI=1S/C7H6F3N.C6H3F3O2.H3N.H2O/c1-5-4-6(2-3-11-5)7(8,9)10;7-6(8,9)4-1-2-11-5(10)3-4;;/h2-4,11H,1H2;1-3H;1H3;1H2/p+1. The molecule has 24 heavy (non-hydrogen) atoms. The molecule has 1 aliphatic heterocycles. The van der Waals surface area contributed by atoms with Crippen LogP contribution in [0.25, 0.3) is 0 Å². The fraction of sp³-hybridized carbons (Fsp3) is 0.154. The van der Waals surface area contributed by atoms with Crippen molar-refractivity contribution >= 4 is 0 Å². The van der Waals surface area contributed by atoms with Gasteiger partial charge in [0, 0.05) is 18.0 Å². The van der Waals surface area contributed by atoms with E-state index >= 15 is 0 Å². The molecule has 0 amide bonds. The summed E-state index contributed by atoms with van der Waals surface area (Å²) in [7, 11) is 0. The van der Waals surface area contributed by atoms with Crippen LogP contribution in [0.5, 0.6) is 0 Å². The van der Waals surface area contributed by atoms with E-state index in [1.54, 1.807) is 0 Å². The van der Waals surface area contributed by atoms with Crippen LogP contribution < -0.4 is 17.1 Å². The summed E-state index contributed by atoms with van der Waals surface area (Å²) in [5.74, 6) is 0. The highest BCUT2D eigenvalue weighted by molar-refractivity contribution is 5.35. The van der Waals surface area contributed by atoms with Gasteiger partial charge in [-0.25, -0.2) is 4.79 Å². The van der Waals surface area contributed by atoms with Gasteiger partial charge < -0.3 is 21.4 Å². The van der Waals surface area contributed by atoms with E-state index in [0.29, 0.717) is 18.4 Å². The predicted octanol–water partition coefficient (Wildman–Crippen LogP) is 3.21. The monoisotopic (exact) mass is 361 g/mol. The van der Waals surface area contributed by atoms with Crippen LogP contribution in [0.1, 0.15) is 6.99 Å². The summed E-state index contributed by atoms with van der Waals surface area (Å²) in [5.41, 5.74) is -2.42. The number of nitrogens with one attached hydrogen (secondary N) is 1. The zero-order valence-corrected chi connectivity index (χ0v) is 12.0. The molecule has 0 aromatic carbocycles. The summed E-state index contributed by atoms with van der Waals surface area (Å²) >= 11 is 0. The lowest BCUT2D eigenvalue weighted by molar-refractivity contribution is -0.138. The number of alkyl halides is 6. The third-order valence-electron chi connectivity index (χ3n) is 2.22. The zero-order chi connectivity index (χ0) is 17.0. The molecule has 0 fully saturated rings. The Hall–Kier alpha value is -2.53. The lowest BCUT2D eigenvalue weighted by Gasteiger charge is -2.12. The summed E-state index contributed by atoms with van der Waals surface area (Å²) in [4.78, 5) is 10.3. The second-order valence-corrected chi connectivity index (χ2v) is 3.94. The van der Waals surface area contributed by atoms with Crippen LogP contribution in [0.4, 0.5) is 26.3 Å². The number of dihydropyridines is 1. The molecule has 0 unspecified atom stereocenters. The van der Waals surface area contributed by atoms with Crippen molar-refractivity contribution in [3.05, 3.63) is 70.6 Å². The van der Waals surface area contributed by atoms with Crippen LogP contribution in [0.2, 0.25) is 0 Å². The first kappa shape index (κ1) is 23.7. The molecule has 0 atom stereocenters. The van der Waals surface area contributed by atoms with E-state index < -0.39 is 29.1 Å². The minimum atomic E-state index is -4.48. The largest absolute Gasteiger partial charge is 1.00 e. The highest BCUT2D eigenvalue weighted by Gasteiger charge is 2.32. The average molecular weight is 361 g/mol. The van der Waals surface area contributed by atoms with Crippen molar-refractivity contribution < 1.29 is 37.7 Å². The number of hydrogen-bond acceptors (Lipinski definition) is 4. The van der Waals surface area contributed by atoms with Gasteiger partial charge in [-0.15, -0.1) is 0 Å². The minimum absolute atomic E-state index is 0. The Morgan fingerprint density at radius 1 is 1.12 bits per heavy atom. The quantitative estimate of drug-likeness (QED) is 0.692. The van der Waals surface area contributed by atoms with Crippen LogP contribution in [-0.2, 0) is 6.18 Å². The van der Waals surface area contributed by atoms with Gasteiger partial charge >= 0.3 is 19.4 Å². The molecule has 136 valence electrons. The van der Waals surface area contributed by atoms with Gasteiger partial charge in [0.25, 0.3) is 0 Å². The van der Waals surface area contributed by atoms with Gasteiger partial charge in [0.05, 0.1) is 17.4 Å². The van der Waals surface area contributed by atoms with Crippen molar-refractivity contribution in [3.63, 3.8) is 0 Å². The second kappa shape index (κ2) is 8.93. The van der Waals surface area contributed by atoms with Crippen molar-refractivity contribution in [1.82, 2.24) is 11.5 Å². The second-order valence-electron chi connectivity index (χ2n) is 3.94. The molecule has 0 aliphatic carbocycles. The average Bonchev–Trinajstić information content (AvgIpc) is 2.37. The van der Waals surface area contributed by atoms with Crippen molar-refractivity contribution in [1.29, 1.82) is 0 Å². The van der Waals surface area contributed by atoms with Gasteiger partial charge in [0.15, 0.2) is 0 Å². The van der Waals surface area contributed by atoms with E-state index in [4.69, 9.17) is 0 Å². The highest BCUT2D eigenvalue weighted by atomic mass is 19.4. The first-order valence-corrected chi connectivity index (χ1v) is 5.57. The number of hydrogen-bond donors (Lipinski definition) is 2. The summed E-state index contributed by atoms with van der Waals surface area (Å²) < 4.78 is 75.2. The molecular formula is C13H15F6N2O3+. The molecule has 0 saturated heterocycles. The van der Waals surface area contributed by atoms with Crippen LogP contribution in [0.15, 0.2) is 63.8 Å². The molecule has 5 nitrogen and oxygen atoms in total. The van der Waals surface area contributed by atoms with E-state index in [1.807, 2.05) is 0 Å². The highest BCUT2D eigenvalue weighted by Crippen LogP contribution is 2.28. The lowest BCUT2D eigenvalue weighted by Crippen LogP contribution is -2.16. The minimum Gasteiger partial charge on any atom is -0.431 e. The van der Waals surface area contributed by atoms with Crippen molar-refractivity contribution in [2.45, 2.75) is 12.4 Å². The SMILES string of the molecule is C=C1C=C(C(F)(F)F)C=CN1.N.O.O=c1cc(C(F)(F)F)cco1.[H+]. The maximum Gasteiger partial charge on any atom is 1.00 e. The summed E-state index contributed by atoms with van der Waals surface area (Å²) in [5, 5.41) is 2.53. The van der Waals surface area contributed by atoms with Crippen molar-refractivity contribution in [3.8, 4) is 0 Å². The predicted molar refractivity (Wildman–Crippen MR) is 75.3 cm³/mol. The molecule has 1 aromatic heterocycles. The molecule has 1 aromatic rings. The van der Waals surface area contributed by atoms with Gasteiger partial charge in [-0.2, -0.15) is 26.3 Å². The number of rotatable bonds is 0. The summed E-state index contributed by atoms with van der Waals surface area (Å²) in [6, 6.07) is 1.10. The molecule has 2 rings (SSSR count). The third kappa shape index (κ3) is 7.65. The van der Waals surface area contributed by atoms with E-state index in [2.05, 4.69) is 16.3 Å².